The van der Waals surface area contributed by atoms with Gasteiger partial charge in [0.2, 0.25) is 11.0 Å². The molecule has 0 saturated heterocycles. The van der Waals surface area contributed by atoms with Crippen LogP contribution in [0.2, 0.25) is 0 Å². The summed E-state index contributed by atoms with van der Waals surface area (Å²) in [5.74, 6) is 0.862. The highest BCUT2D eigenvalue weighted by atomic mass is 32.1. The Morgan fingerprint density at radius 3 is 2.80 bits per heavy atom. The Kier molecular flexibility index (Phi) is 4.49. The zero-order valence-electron chi connectivity index (χ0n) is 11.0. The fraction of sp³-hybridized carbons (Fsp3) is 0.250. The topological polar surface area (TPSA) is 99.4 Å². The van der Waals surface area contributed by atoms with Gasteiger partial charge in [0.1, 0.15) is 0 Å². The van der Waals surface area contributed by atoms with Crippen LogP contribution in [0.5, 0.6) is 11.5 Å². The van der Waals surface area contributed by atoms with Gasteiger partial charge in [0.25, 0.3) is 0 Å². The summed E-state index contributed by atoms with van der Waals surface area (Å²) in [7, 11) is 3.12. The SMILES string of the molecule is COc1cccc(-c2nnc(NC(=O)CN)s2)c1OC. The van der Waals surface area contributed by atoms with Gasteiger partial charge in [-0.25, -0.2) is 0 Å². The second-order valence-electron chi connectivity index (χ2n) is 3.71. The Bertz CT molecular complexity index is 614. The largest absolute Gasteiger partial charge is 0.493 e. The molecular weight excluding hydrogens is 280 g/mol. The molecule has 1 aromatic carbocycles. The standard InChI is InChI=1S/C12H14N4O3S/c1-18-8-5-3-4-7(10(8)19-2)11-15-16-12(20-11)14-9(17)6-13/h3-5H,6,13H2,1-2H3,(H,14,16,17). The number of nitrogens with one attached hydrogen (secondary N) is 1. The zero-order valence-corrected chi connectivity index (χ0v) is 11.9. The number of amides is 1. The molecule has 3 N–H and O–H groups in total. The quantitative estimate of drug-likeness (QED) is 0.857. The van der Waals surface area contributed by atoms with Crippen LogP contribution in [0.25, 0.3) is 10.6 Å². The molecule has 8 heteroatoms. The lowest BCUT2D eigenvalue weighted by Crippen LogP contribution is -2.21. The number of ether oxygens (including phenoxy) is 2. The molecule has 0 aliphatic rings. The molecule has 0 aliphatic carbocycles. The maximum Gasteiger partial charge on any atom is 0.239 e. The van der Waals surface area contributed by atoms with E-state index in [1.54, 1.807) is 20.3 Å². The van der Waals surface area contributed by atoms with Crippen molar-refractivity contribution in [1.29, 1.82) is 0 Å². The number of para-hydroxylation sites is 1. The number of aromatic nitrogens is 2. The molecule has 0 bridgehead atoms. The fourth-order valence-corrected chi connectivity index (χ4v) is 2.39. The lowest BCUT2D eigenvalue weighted by molar-refractivity contribution is -0.114. The molecule has 1 aromatic heterocycles. The third-order valence-electron chi connectivity index (χ3n) is 2.49. The number of hydrogen-bond acceptors (Lipinski definition) is 7. The van der Waals surface area contributed by atoms with E-state index in [1.165, 1.54) is 11.3 Å². The first-order chi connectivity index (χ1) is 9.69. The predicted octanol–water partition coefficient (Wildman–Crippen LogP) is 1.12. The van der Waals surface area contributed by atoms with E-state index in [2.05, 4.69) is 15.5 Å². The third kappa shape index (κ3) is 2.86. The first-order valence-electron chi connectivity index (χ1n) is 5.74. The number of carbonyl (C=O) groups excluding carboxylic acids is 1. The molecule has 0 aliphatic heterocycles. The summed E-state index contributed by atoms with van der Waals surface area (Å²) < 4.78 is 10.6. The van der Waals surface area contributed by atoms with Crippen LogP contribution in [0.4, 0.5) is 5.13 Å². The van der Waals surface area contributed by atoms with E-state index < -0.39 is 0 Å². The average Bonchev–Trinajstić information content (AvgIpc) is 2.94. The van der Waals surface area contributed by atoms with Gasteiger partial charge < -0.3 is 15.2 Å². The number of nitrogens with zero attached hydrogens (tertiary/aromatic N) is 2. The van der Waals surface area contributed by atoms with E-state index in [4.69, 9.17) is 15.2 Å². The minimum atomic E-state index is -0.315. The lowest BCUT2D eigenvalue weighted by atomic mass is 10.2. The van der Waals surface area contributed by atoms with E-state index in [1.807, 2.05) is 12.1 Å². The number of rotatable bonds is 5. The van der Waals surface area contributed by atoms with Gasteiger partial charge in [-0.15, -0.1) is 10.2 Å². The van der Waals surface area contributed by atoms with E-state index in [-0.39, 0.29) is 12.5 Å². The molecule has 0 radical (unpaired) electrons. The van der Waals surface area contributed by atoms with Gasteiger partial charge in [-0.05, 0) is 12.1 Å². The summed E-state index contributed by atoms with van der Waals surface area (Å²) in [6, 6.07) is 5.47. The lowest BCUT2D eigenvalue weighted by Gasteiger charge is -2.10. The minimum absolute atomic E-state index is 0.0998. The smallest absolute Gasteiger partial charge is 0.239 e. The molecule has 1 amide bonds. The van der Waals surface area contributed by atoms with Crippen LogP contribution >= 0.6 is 11.3 Å². The Labute approximate surface area is 119 Å². The molecule has 106 valence electrons. The normalized spacial score (nSPS) is 10.2. The van der Waals surface area contributed by atoms with Crippen molar-refractivity contribution < 1.29 is 14.3 Å². The molecule has 0 unspecified atom stereocenters. The maximum absolute atomic E-state index is 11.2. The van der Waals surface area contributed by atoms with E-state index in [0.29, 0.717) is 21.6 Å². The maximum atomic E-state index is 11.2. The molecule has 0 spiro atoms. The van der Waals surface area contributed by atoms with Gasteiger partial charge >= 0.3 is 0 Å². The van der Waals surface area contributed by atoms with Crippen molar-refractivity contribution in [1.82, 2.24) is 10.2 Å². The van der Waals surface area contributed by atoms with Crippen LogP contribution in [0.15, 0.2) is 18.2 Å². The highest BCUT2D eigenvalue weighted by Crippen LogP contribution is 2.39. The number of hydrogen-bond donors (Lipinski definition) is 2. The molecule has 0 atom stereocenters. The number of anilines is 1. The molecular formula is C12H14N4O3S. The number of nitrogens with two attached hydrogens (primary N) is 1. The molecule has 7 nitrogen and oxygen atoms in total. The van der Waals surface area contributed by atoms with E-state index in [0.717, 1.165) is 5.56 Å². The molecule has 0 saturated carbocycles. The van der Waals surface area contributed by atoms with E-state index in [9.17, 15) is 4.79 Å². The van der Waals surface area contributed by atoms with Crippen LogP contribution in [0.1, 0.15) is 0 Å². The Hall–Kier alpha value is -2.19. The van der Waals surface area contributed by atoms with Gasteiger partial charge in [0.05, 0.1) is 26.3 Å². The van der Waals surface area contributed by atoms with Crippen LogP contribution in [0, 0.1) is 0 Å². The average molecular weight is 294 g/mol. The predicted molar refractivity (Wildman–Crippen MR) is 76.1 cm³/mol. The Balaban J connectivity index is 2.35. The summed E-state index contributed by atoms with van der Waals surface area (Å²) in [5, 5.41) is 11.5. The summed E-state index contributed by atoms with van der Waals surface area (Å²) in [6.07, 6.45) is 0. The van der Waals surface area contributed by atoms with Gasteiger partial charge in [-0.1, -0.05) is 17.4 Å². The number of carbonyl (C=O) groups is 1. The van der Waals surface area contributed by atoms with Gasteiger partial charge in [0, 0.05) is 0 Å². The van der Waals surface area contributed by atoms with Crippen LogP contribution < -0.4 is 20.5 Å². The van der Waals surface area contributed by atoms with Crippen LogP contribution in [0.3, 0.4) is 0 Å². The highest BCUT2D eigenvalue weighted by molar-refractivity contribution is 7.18. The minimum Gasteiger partial charge on any atom is -0.493 e. The van der Waals surface area contributed by atoms with Gasteiger partial charge in [-0.3, -0.25) is 10.1 Å². The Morgan fingerprint density at radius 2 is 2.15 bits per heavy atom. The number of methoxy groups -OCH3 is 2. The molecule has 2 aromatic rings. The summed E-state index contributed by atoms with van der Waals surface area (Å²) in [4.78, 5) is 11.2. The fourth-order valence-electron chi connectivity index (χ4n) is 1.61. The van der Waals surface area contributed by atoms with Gasteiger partial charge in [-0.2, -0.15) is 0 Å². The molecule has 2 rings (SSSR count). The van der Waals surface area contributed by atoms with Crippen molar-refractivity contribution in [3.8, 4) is 22.1 Å². The first kappa shape index (κ1) is 14.2. The monoisotopic (exact) mass is 294 g/mol. The zero-order chi connectivity index (χ0) is 14.5. The van der Waals surface area contributed by atoms with Crippen molar-refractivity contribution in [2.75, 3.05) is 26.1 Å². The second-order valence-corrected chi connectivity index (χ2v) is 4.68. The molecule has 0 fully saturated rings. The number of benzene rings is 1. The second kappa shape index (κ2) is 6.31. The highest BCUT2D eigenvalue weighted by Gasteiger charge is 2.16. The summed E-state index contributed by atoms with van der Waals surface area (Å²) in [5.41, 5.74) is 5.98. The van der Waals surface area contributed by atoms with Crippen molar-refractivity contribution >= 4 is 22.4 Å². The Morgan fingerprint density at radius 1 is 1.35 bits per heavy atom. The summed E-state index contributed by atoms with van der Waals surface area (Å²) >= 11 is 1.23. The molecule has 20 heavy (non-hydrogen) atoms. The van der Waals surface area contributed by atoms with Crippen molar-refractivity contribution in [2.45, 2.75) is 0 Å². The first-order valence-corrected chi connectivity index (χ1v) is 6.56. The van der Waals surface area contributed by atoms with Gasteiger partial charge in [0.15, 0.2) is 16.5 Å². The van der Waals surface area contributed by atoms with E-state index >= 15 is 0 Å². The summed E-state index contributed by atoms with van der Waals surface area (Å²) in [6.45, 7) is -0.0998. The van der Waals surface area contributed by atoms with Crippen LogP contribution in [-0.2, 0) is 4.79 Å². The van der Waals surface area contributed by atoms with Crippen molar-refractivity contribution in [2.24, 2.45) is 5.73 Å². The van der Waals surface area contributed by atoms with Crippen molar-refractivity contribution in [3.63, 3.8) is 0 Å². The van der Waals surface area contributed by atoms with Crippen LogP contribution in [-0.4, -0.2) is 36.9 Å². The molecule has 1 heterocycles. The third-order valence-corrected chi connectivity index (χ3v) is 3.36. The van der Waals surface area contributed by atoms with Crippen molar-refractivity contribution in [3.05, 3.63) is 18.2 Å².